The Kier molecular flexibility index (Phi) is 1.77. The van der Waals surface area contributed by atoms with E-state index in [4.69, 9.17) is 0 Å². The van der Waals surface area contributed by atoms with Crippen LogP contribution in [0.3, 0.4) is 0 Å². The van der Waals surface area contributed by atoms with E-state index in [0.717, 1.165) is 11.3 Å². The highest BCUT2D eigenvalue weighted by Crippen LogP contribution is 2.40. The molecule has 1 aliphatic heterocycles. The van der Waals surface area contributed by atoms with Gasteiger partial charge in [0.1, 0.15) is 5.41 Å². The maximum atomic E-state index is 11.3. The van der Waals surface area contributed by atoms with Crippen LogP contribution in [0.25, 0.3) is 0 Å². The number of carboxylic acid groups (broad SMARTS) is 1. The number of hydrogen-bond donors (Lipinski definition) is 2. The van der Waals surface area contributed by atoms with Gasteiger partial charge in [0.05, 0.1) is 0 Å². The van der Waals surface area contributed by atoms with Gasteiger partial charge in [-0.25, -0.2) is 0 Å². The topological polar surface area (TPSA) is 49.3 Å². The molecule has 0 fully saturated rings. The van der Waals surface area contributed by atoms with Crippen molar-refractivity contribution in [1.82, 2.24) is 0 Å². The highest BCUT2D eigenvalue weighted by Gasteiger charge is 2.46. The third-order valence-electron chi connectivity index (χ3n) is 3.17. The number of anilines is 1. The minimum absolute atomic E-state index is 0.0719. The highest BCUT2D eigenvalue weighted by molar-refractivity contribution is 5.87. The van der Waals surface area contributed by atoms with E-state index in [2.05, 4.69) is 5.32 Å². The van der Waals surface area contributed by atoms with Crippen LogP contribution in [-0.2, 0) is 10.2 Å². The second kappa shape index (κ2) is 2.74. The van der Waals surface area contributed by atoms with E-state index in [1.165, 1.54) is 0 Å². The van der Waals surface area contributed by atoms with Crippen LogP contribution in [0.2, 0.25) is 0 Å². The normalized spacial score (nSPS) is 29.4. The molecule has 14 heavy (non-hydrogen) atoms. The summed E-state index contributed by atoms with van der Waals surface area (Å²) in [6.07, 6.45) is 0. The molecular formula is C11H13NO2. The van der Waals surface area contributed by atoms with Crippen LogP contribution in [0.1, 0.15) is 19.4 Å². The van der Waals surface area contributed by atoms with Crippen LogP contribution in [0.4, 0.5) is 5.69 Å². The number of benzene rings is 1. The zero-order valence-corrected chi connectivity index (χ0v) is 8.24. The van der Waals surface area contributed by atoms with Crippen LogP contribution in [0.15, 0.2) is 24.3 Å². The maximum absolute atomic E-state index is 11.3. The first-order valence-corrected chi connectivity index (χ1v) is 4.66. The predicted octanol–water partition coefficient (Wildman–Crippen LogP) is 1.84. The SMILES string of the molecule is CC1Nc2ccccc2C1(C)C(=O)O. The second-order valence-corrected chi connectivity index (χ2v) is 3.92. The van der Waals surface area contributed by atoms with Gasteiger partial charge in [0.25, 0.3) is 0 Å². The molecule has 1 aromatic carbocycles. The number of hydrogen-bond acceptors (Lipinski definition) is 2. The second-order valence-electron chi connectivity index (χ2n) is 3.92. The summed E-state index contributed by atoms with van der Waals surface area (Å²) in [4.78, 5) is 11.3. The molecule has 0 bridgehead atoms. The van der Waals surface area contributed by atoms with E-state index < -0.39 is 11.4 Å². The van der Waals surface area contributed by atoms with Gasteiger partial charge in [-0.3, -0.25) is 4.79 Å². The number of fused-ring (bicyclic) bond motifs is 1. The zero-order valence-electron chi connectivity index (χ0n) is 8.24. The van der Waals surface area contributed by atoms with E-state index in [0.29, 0.717) is 0 Å². The number of carboxylic acids is 1. The molecule has 2 atom stereocenters. The van der Waals surface area contributed by atoms with Crippen molar-refractivity contribution in [3.63, 3.8) is 0 Å². The summed E-state index contributed by atoms with van der Waals surface area (Å²) in [5.41, 5.74) is 1.00. The van der Waals surface area contributed by atoms with E-state index in [1.807, 2.05) is 31.2 Å². The van der Waals surface area contributed by atoms with Gasteiger partial charge < -0.3 is 10.4 Å². The number of nitrogens with one attached hydrogen (secondary N) is 1. The van der Waals surface area contributed by atoms with E-state index in [-0.39, 0.29) is 6.04 Å². The van der Waals surface area contributed by atoms with Crippen LogP contribution in [-0.4, -0.2) is 17.1 Å². The first-order valence-electron chi connectivity index (χ1n) is 4.66. The van der Waals surface area contributed by atoms with Crippen LogP contribution >= 0.6 is 0 Å². The molecule has 2 unspecified atom stereocenters. The average molecular weight is 191 g/mol. The van der Waals surface area contributed by atoms with Gasteiger partial charge in [0, 0.05) is 11.7 Å². The average Bonchev–Trinajstić information content (AvgIpc) is 2.41. The summed E-state index contributed by atoms with van der Waals surface area (Å²) in [6, 6.07) is 7.50. The highest BCUT2D eigenvalue weighted by atomic mass is 16.4. The Balaban J connectivity index is 2.60. The Bertz CT molecular complexity index is 389. The minimum atomic E-state index is -0.809. The zero-order chi connectivity index (χ0) is 10.3. The van der Waals surface area contributed by atoms with Crippen molar-refractivity contribution in [2.75, 3.05) is 5.32 Å². The first-order chi connectivity index (χ1) is 6.56. The summed E-state index contributed by atoms with van der Waals surface area (Å²) in [5.74, 6) is -0.776. The van der Waals surface area contributed by atoms with Gasteiger partial charge in [-0.05, 0) is 25.5 Å². The molecular weight excluding hydrogens is 178 g/mol. The molecule has 2 N–H and O–H groups in total. The predicted molar refractivity (Wildman–Crippen MR) is 54.5 cm³/mol. The standard InChI is InChI=1S/C11H13NO2/c1-7-11(2,10(13)14)8-5-3-4-6-9(8)12-7/h3-7,12H,1-2H3,(H,13,14). The van der Waals surface area contributed by atoms with Crippen LogP contribution in [0.5, 0.6) is 0 Å². The molecule has 0 amide bonds. The Morgan fingerprint density at radius 2 is 2.14 bits per heavy atom. The molecule has 1 heterocycles. The Morgan fingerprint density at radius 1 is 1.50 bits per heavy atom. The molecule has 74 valence electrons. The Morgan fingerprint density at radius 3 is 2.79 bits per heavy atom. The van der Waals surface area contributed by atoms with Crippen molar-refractivity contribution < 1.29 is 9.90 Å². The molecule has 1 aliphatic rings. The quantitative estimate of drug-likeness (QED) is 0.712. The summed E-state index contributed by atoms with van der Waals surface area (Å²) in [6.45, 7) is 3.66. The summed E-state index contributed by atoms with van der Waals surface area (Å²) in [5, 5.41) is 12.4. The Hall–Kier alpha value is -1.51. The smallest absolute Gasteiger partial charge is 0.316 e. The van der Waals surface area contributed by atoms with Crippen molar-refractivity contribution >= 4 is 11.7 Å². The molecule has 3 heteroatoms. The lowest BCUT2D eigenvalue weighted by molar-refractivity contribution is -0.143. The number of aliphatic carboxylic acids is 1. The number of rotatable bonds is 1. The van der Waals surface area contributed by atoms with Gasteiger partial charge in [-0.1, -0.05) is 18.2 Å². The van der Waals surface area contributed by atoms with Crippen LogP contribution < -0.4 is 5.32 Å². The van der Waals surface area contributed by atoms with Crippen molar-refractivity contribution in [3.05, 3.63) is 29.8 Å². The van der Waals surface area contributed by atoms with Gasteiger partial charge >= 0.3 is 5.97 Å². The van der Waals surface area contributed by atoms with Gasteiger partial charge in [0.2, 0.25) is 0 Å². The van der Waals surface area contributed by atoms with E-state index in [9.17, 15) is 9.90 Å². The fraction of sp³-hybridized carbons (Fsp3) is 0.364. The third-order valence-corrected chi connectivity index (χ3v) is 3.17. The molecule has 0 saturated heterocycles. The first kappa shape index (κ1) is 9.06. The lowest BCUT2D eigenvalue weighted by Gasteiger charge is -2.24. The monoisotopic (exact) mass is 191 g/mol. The van der Waals surface area contributed by atoms with E-state index >= 15 is 0 Å². The molecule has 2 rings (SSSR count). The van der Waals surface area contributed by atoms with Crippen molar-refractivity contribution in [3.8, 4) is 0 Å². The van der Waals surface area contributed by atoms with E-state index in [1.54, 1.807) is 6.92 Å². The van der Waals surface area contributed by atoms with Crippen LogP contribution in [0, 0.1) is 0 Å². The van der Waals surface area contributed by atoms with Gasteiger partial charge in [-0.2, -0.15) is 0 Å². The van der Waals surface area contributed by atoms with Crippen molar-refractivity contribution in [2.24, 2.45) is 0 Å². The number of para-hydroxylation sites is 1. The fourth-order valence-electron chi connectivity index (χ4n) is 1.97. The molecule has 1 aromatic rings. The van der Waals surface area contributed by atoms with Crippen molar-refractivity contribution in [1.29, 1.82) is 0 Å². The molecule has 0 aromatic heterocycles. The Labute approximate surface area is 82.8 Å². The van der Waals surface area contributed by atoms with Gasteiger partial charge in [-0.15, -0.1) is 0 Å². The largest absolute Gasteiger partial charge is 0.481 e. The molecule has 0 spiro atoms. The fourth-order valence-corrected chi connectivity index (χ4v) is 1.97. The lowest BCUT2D eigenvalue weighted by atomic mass is 9.79. The summed E-state index contributed by atoms with van der Waals surface area (Å²) < 4.78 is 0. The lowest BCUT2D eigenvalue weighted by Crippen LogP contribution is -2.41. The maximum Gasteiger partial charge on any atom is 0.316 e. The summed E-state index contributed by atoms with van der Waals surface area (Å²) in [7, 11) is 0. The minimum Gasteiger partial charge on any atom is -0.481 e. The number of carbonyl (C=O) groups is 1. The molecule has 0 aliphatic carbocycles. The molecule has 0 radical (unpaired) electrons. The summed E-state index contributed by atoms with van der Waals surface area (Å²) >= 11 is 0. The molecule has 3 nitrogen and oxygen atoms in total. The van der Waals surface area contributed by atoms with Crippen molar-refractivity contribution in [2.45, 2.75) is 25.3 Å². The van der Waals surface area contributed by atoms with Gasteiger partial charge in [0.15, 0.2) is 0 Å². The molecule has 0 saturated carbocycles. The third kappa shape index (κ3) is 0.953.